The van der Waals surface area contributed by atoms with Crippen molar-refractivity contribution in [1.82, 2.24) is 0 Å². The molecule has 0 amide bonds. The molecule has 2 rings (SSSR count). The molecule has 3 atom stereocenters. The van der Waals surface area contributed by atoms with Gasteiger partial charge in [-0.1, -0.05) is 20.3 Å². The van der Waals surface area contributed by atoms with Crippen LogP contribution in [-0.2, 0) is 0 Å². The first-order chi connectivity index (χ1) is 7.61. The van der Waals surface area contributed by atoms with Crippen molar-refractivity contribution >= 4 is 0 Å². The highest BCUT2D eigenvalue weighted by Gasteiger charge is 2.29. The van der Waals surface area contributed by atoms with Crippen molar-refractivity contribution < 1.29 is 14.2 Å². The lowest BCUT2D eigenvalue weighted by atomic mass is 9.91. The van der Waals surface area contributed by atoms with E-state index in [1.165, 1.54) is 12.1 Å². The molecule has 1 aliphatic rings. The van der Waals surface area contributed by atoms with Gasteiger partial charge in [0, 0.05) is 18.1 Å². The highest BCUT2D eigenvalue weighted by atomic mass is 19.1. The lowest BCUT2D eigenvalue weighted by Gasteiger charge is -2.32. The second-order valence-electron chi connectivity index (χ2n) is 4.48. The third kappa shape index (κ3) is 2.05. The Morgan fingerprint density at radius 2 is 2.31 bits per heavy atom. The maximum atomic E-state index is 13.1. The molecular formula is C13H17FO2. The van der Waals surface area contributed by atoms with Crippen LogP contribution in [0.25, 0.3) is 0 Å². The van der Waals surface area contributed by atoms with E-state index < -0.39 is 6.10 Å². The molecule has 2 nitrogen and oxygen atoms in total. The number of aliphatic hydroxyl groups is 1. The fourth-order valence-corrected chi connectivity index (χ4v) is 2.06. The second-order valence-corrected chi connectivity index (χ2v) is 4.48. The van der Waals surface area contributed by atoms with Crippen molar-refractivity contribution in [2.24, 2.45) is 5.92 Å². The summed E-state index contributed by atoms with van der Waals surface area (Å²) < 4.78 is 18.8. The Labute approximate surface area is 95.1 Å². The van der Waals surface area contributed by atoms with Crippen molar-refractivity contribution in [3.05, 3.63) is 29.6 Å². The molecule has 3 heteroatoms. The quantitative estimate of drug-likeness (QED) is 0.836. The molecule has 1 aromatic rings. The summed E-state index contributed by atoms with van der Waals surface area (Å²) >= 11 is 0. The van der Waals surface area contributed by atoms with Crippen LogP contribution in [0.3, 0.4) is 0 Å². The second kappa shape index (κ2) is 4.42. The summed E-state index contributed by atoms with van der Waals surface area (Å²) in [5.74, 6) is 0.533. The minimum atomic E-state index is -0.539. The molecule has 1 heterocycles. The van der Waals surface area contributed by atoms with Crippen LogP contribution in [-0.4, -0.2) is 11.2 Å². The van der Waals surface area contributed by atoms with Gasteiger partial charge in [-0.3, -0.25) is 0 Å². The van der Waals surface area contributed by atoms with Gasteiger partial charge in [-0.15, -0.1) is 0 Å². The maximum Gasteiger partial charge on any atom is 0.128 e. The summed E-state index contributed by atoms with van der Waals surface area (Å²) in [5, 5.41) is 9.96. The Kier molecular flexibility index (Phi) is 3.15. The zero-order chi connectivity index (χ0) is 11.7. The van der Waals surface area contributed by atoms with Crippen molar-refractivity contribution in [2.45, 2.75) is 38.9 Å². The van der Waals surface area contributed by atoms with Crippen LogP contribution in [0.5, 0.6) is 5.75 Å². The summed E-state index contributed by atoms with van der Waals surface area (Å²) in [4.78, 5) is 0. The van der Waals surface area contributed by atoms with Crippen LogP contribution >= 0.6 is 0 Å². The summed E-state index contributed by atoms with van der Waals surface area (Å²) in [6, 6.07) is 4.31. The van der Waals surface area contributed by atoms with E-state index in [1.54, 1.807) is 6.07 Å². The Bertz CT molecular complexity index is 378. The molecule has 0 spiro atoms. The van der Waals surface area contributed by atoms with Crippen LogP contribution in [0, 0.1) is 11.7 Å². The topological polar surface area (TPSA) is 29.5 Å². The van der Waals surface area contributed by atoms with Gasteiger partial charge in [-0.2, -0.15) is 0 Å². The van der Waals surface area contributed by atoms with E-state index in [2.05, 4.69) is 13.8 Å². The molecule has 0 bridgehead atoms. The van der Waals surface area contributed by atoms with E-state index in [0.29, 0.717) is 23.7 Å². The third-order valence-corrected chi connectivity index (χ3v) is 3.35. The number of ether oxygens (including phenoxy) is 1. The molecule has 1 aromatic carbocycles. The zero-order valence-electron chi connectivity index (χ0n) is 9.61. The van der Waals surface area contributed by atoms with Crippen LogP contribution in [0.2, 0.25) is 0 Å². The van der Waals surface area contributed by atoms with E-state index in [9.17, 15) is 9.50 Å². The minimum absolute atomic E-state index is 0.0192. The first-order valence-electron chi connectivity index (χ1n) is 5.76. The monoisotopic (exact) mass is 224 g/mol. The summed E-state index contributed by atoms with van der Waals surface area (Å²) in [6.45, 7) is 4.17. The molecular weight excluding hydrogens is 207 g/mol. The fraction of sp³-hybridized carbons (Fsp3) is 0.538. The number of hydrogen-bond acceptors (Lipinski definition) is 2. The lowest BCUT2D eigenvalue weighted by molar-refractivity contribution is 0.0372. The molecule has 0 saturated heterocycles. The first kappa shape index (κ1) is 11.4. The average molecular weight is 224 g/mol. The van der Waals surface area contributed by atoms with Gasteiger partial charge in [0.15, 0.2) is 0 Å². The predicted molar refractivity (Wildman–Crippen MR) is 59.8 cm³/mol. The van der Waals surface area contributed by atoms with Gasteiger partial charge >= 0.3 is 0 Å². The SMILES string of the molecule is CCC(C)C1C[C@H](O)c2ccc(F)cc2O1. The number of benzene rings is 1. The maximum absolute atomic E-state index is 13.1. The molecule has 1 N–H and O–H groups in total. The number of rotatable bonds is 2. The largest absolute Gasteiger partial charge is 0.490 e. The van der Waals surface area contributed by atoms with Crippen LogP contribution in [0.1, 0.15) is 38.4 Å². The summed E-state index contributed by atoms with van der Waals surface area (Å²) in [6.07, 6.45) is 1.02. The zero-order valence-corrected chi connectivity index (χ0v) is 9.61. The molecule has 0 radical (unpaired) electrons. The van der Waals surface area contributed by atoms with Gasteiger partial charge in [-0.25, -0.2) is 4.39 Å². The van der Waals surface area contributed by atoms with Gasteiger partial charge < -0.3 is 9.84 Å². The van der Waals surface area contributed by atoms with Gasteiger partial charge in [0.05, 0.1) is 6.10 Å². The number of aliphatic hydroxyl groups excluding tert-OH is 1. The van der Waals surface area contributed by atoms with Crippen molar-refractivity contribution in [1.29, 1.82) is 0 Å². The van der Waals surface area contributed by atoms with E-state index in [0.717, 1.165) is 6.42 Å². The van der Waals surface area contributed by atoms with Crippen LogP contribution < -0.4 is 4.74 Å². The van der Waals surface area contributed by atoms with Crippen LogP contribution in [0.15, 0.2) is 18.2 Å². The normalized spacial score (nSPS) is 25.8. The Balaban J connectivity index is 2.27. The third-order valence-electron chi connectivity index (χ3n) is 3.35. The molecule has 0 aliphatic carbocycles. The molecule has 0 fully saturated rings. The molecule has 0 saturated carbocycles. The minimum Gasteiger partial charge on any atom is -0.490 e. The fourth-order valence-electron chi connectivity index (χ4n) is 2.06. The molecule has 0 aromatic heterocycles. The smallest absolute Gasteiger partial charge is 0.128 e. The van der Waals surface area contributed by atoms with E-state index >= 15 is 0 Å². The number of fused-ring (bicyclic) bond motifs is 1. The van der Waals surface area contributed by atoms with E-state index in [4.69, 9.17) is 4.74 Å². The average Bonchev–Trinajstić information content (AvgIpc) is 2.27. The standard InChI is InChI=1S/C13H17FO2/c1-3-8(2)12-7-11(15)10-5-4-9(14)6-13(10)16-12/h4-6,8,11-12,15H,3,7H2,1-2H3/t8?,11-,12?/m0/s1. The molecule has 1 aliphatic heterocycles. The molecule has 16 heavy (non-hydrogen) atoms. The Morgan fingerprint density at radius 3 is 3.00 bits per heavy atom. The lowest BCUT2D eigenvalue weighted by Crippen LogP contribution is -2.31. The molecule has 2 unspecified atom stereocenters. The Hall–Kier alpha value is -1.09. The highest BCUT2D eigenvalue weighted by Crippen LogP contribution is 2.37. The molecule has 88 valence electrons. The highest BCUT2D eigenvalue weighted by molar-refractivity contribution is 5.37. The first-order valence-corrected chi connectivity index (χ1v) is 5.76. The summed E-state index contributed by atoms with van der Waals surface area (Å²) in [7, 11) is 0. The van der Waals surface area contributed by atoms with Gasteiger partial charge in [0.2, 0.25) is 0 Å². The van der Waals surface area contributed by atoms with Crippen molar-refractivity contribution in [3.63, 3.8) is 0 Å². The predicted octanol–water partition coefficient (Wildman–Crippen LogP) is 3.06. The van der Waals surface area contributed by atoms with Gasteiger partial charge in [0.25, 0.3) is 0 Å². The Morgan fingerprint density at radius 1 is 1.56 bits per heavy atom. The number of halogens is 1. The van der Waals surface area contributed by atoms with Crippen molar-refractivity contribution in [3.8, 4) is 5.75 Å². The van der Waals surface area contributed by atoms with E-state index in [1.807, 2.05) is 0 Å². The van der Waals surface area contributed by atoms with Gasteiger partial charge in [-0.05, 0) is 18.1 Å². The summed E-state index contributed by atoms with van der Waals surface area (Å²) in [5.41, 5.74) is 0.695. The van der Waals surface area contributed by atoms with Gasteiger partial charge in [0.1, 0.15) is 17.7 Å². The van der Waals surface area contributed by atoms with E-state index in [-0.39, 0.29) is 11.9 Å². The number of hydrogen-bond donors (Lipinski definition) is 1. The van der Waals surface area contributed by atoms with Crippen LogP contribution in [0.4, 0.5) is 4.39 Å². The van der Waals surface area contributed by atoms with Crippen molar-refractivity contribution in [2.75, 3.05) is 0 Å².